The summed E-state index contributed by atoms with van der Waals surface area (Å²) in [6, 6.07) is 12.4. The minimum atomic E-state index is -0.613. The van der Waals surface area contributed by atoms with Crippen molar-refractivity contribution in [2.24, 2.45) is 0 Å². The van der Waals surface area contributed by atoms with Gasteiger partial charge in [-0.05, 0) is 48.5 Å². The van der Waals surface area contributed by atoms with Crippen LogP contribution < -0.4 is 15.4 Å². The first-order chi connectivity index (χ1) is 10.1. The van der Waals surface area contributed by atoms with E-state index in [4.69, 9.17) is 16.3 Å². The molecule has 0 saturated heterocycles. The molecule has 0 fully saturated rings. The summed E-state index contributed by atoms with van der Waals surface area (Å²) in [5, 5.41) is 5.34. The Balaban J connectivity index is 1.95. The number of ether oxygens (including phenoxy) is 1. The van der Waals surface area contributed by atoms with Crippen LogP contribution in [0.15, 0.2) is 48.5 Å². The molecule has 108 valence electrons. The molecule has 5 nitrogen and oxygen atoms in total. The van der Waals surface area contributed by atoms with Gasteiger partial charge in [0, 0.05) is 16.3 Å². The molecule has 0 aliphatic carbocycles. The highest BCUT2D eigenvalue weighted by atomic mass is 35.5. The minimum Gasteiger partial charge on any atom is -0.497 e. The first kappa shape index (κ1) is 14.9. The van der Waals surface area contributed by atoms with E-state index in [9.17, 15) is 9.59 Å². The van der Waals surface area contributed by atoms with Gasteiger partial charge in [-0.3, -0.25) is 10.1 Å². The van der Waals surface area contributed by atoms with Crippen LogP contribution in [0.1, 0.15) is 10.4 Å². The summed E-state index contributed by atoms with van der Waals surface area (Å²) < 4.78 is 5.00. The zero-order valence-corrected chi connectivity index (χ0v) is 12.0. The smallest absolute Gasteiger partial charge is 0.326 e. The summed E-state index contributed by atoms with van der Waals surface area (Å²) in [5.74, 6) is 0.140. The van der Waals surface area contributed by atoms with Crippen molar-refractivity contribution in [1.29, 1.82) is 0 Å². The van der Waals surface area contributed by atoms with Gasteiger partial charge in [-0.1, -0.05) is 11.6 Å². The standard InChI is InChI=1S/C15H13ClN2O3/c1-21-13-8-2-10(3-9-13)14(19)18-15(20)17-12-6-4-11(16)5-7-12/h2-9H,1H3,(H2,17,18,19,20). The quantitative estimate of drug-likeness (QED) is 0.914. The Morgan fingerprint density at radius 2 is 1.62 bits per heavy atom. The molecule has 2 aromatic rings. The number of anilines is 1. The van der Waals surface area contributed by atoms with Crippen LogP contribution in [0.3, 0.4) is 0 Å². The summed E-state index contributed by atoms with van der Waals surface area (Å²) in [6.45, 7) is 0. The second kappa shape index (κ2) is 6.76. The largest absolute Gasteiger partial charge is 0.497 e. The highest BCUT2D eigenvalue weighted by molar-refractivity contribution is 6.30. The molecular formula is C15H13ClN2O3. The fourth-order valence-corrected chi connectivity index (χ4v) is 1.74. The zero-order chi connectivity index (χ0) is 15.2. The van der Waals surface area contributed by atoms with Crippen LogP contribution in [-0.2, 0) is 0 Å². The highest BCUT2D eigenvalue weighted by Crippen LogP contribution is 2.13. The molecule has 2 aromatic carbocycles. The number of nitrogens with one attached hydrogen (secondary N) is 2. The van der Waals surface area contributed by atoms with Gasteiger partial charge in [-0.15, -0.1) is 0 Å². The number of halogens is 1. The van der Waals surface area contributed by atoms with Crippen molar-refractivity contribution < 1.29 is 14.3 Å². The van der Waals surface area contributed by atoms with Gasteiger partial charge in [-0.25, -0.2) is 4.79 Å². The van der Waals surface area contributed by atoms with Gasteiger partial charge >= 0.3 is 6.03 Å². The second-order valence-electron chi connectivity index (χ2n) is 4.14. The van der Waals surface area contributed by atoms with E-state index >= 15 is 0 Å². The Morgan fingerprint density at radius 3 is 2.19 bits per heavy atom. The van der Waals surface area contributed by atoms with Crippen LogP contribution in [0.5, 0.6) is 5.75 Å². The highest BCUT2D eigenvalue weighted by Gasteiger charge is 2.10. The first-order valence-corrected chi connectivity index (χ1v) is 6.48. The average molecular weight is 305 g/mol. The molecule has 0 atom stereocenters. The molecule has 0 saturated carbocycles. The van der Waals surface area contributed by atoms with Crippen LogP contribution >= 0.6 is 11.6 Å². The lowest BCUT2D eigenvalue weighted by Gasteiger charge is -2.07. The van der Waals surface area contributed by atoms with Gasteiger partial charge in [-0.2, -0.15) is 0 Å². The van der Waals surface area contributed by atoms with Crippen molar-refractivity contribution in [1.82, 2.24) is 5.32 Å². The van der Waals surface area contributed by atoms with Crippen molar-refractivity contribution in [3.63, 3.8) is 0 Å². The molecule has 0 radical (unpaired) electrons. The molecule has 0 heterocycles. The van der Waals surface area contributed by atoms with Crippen LogP contribution in [0.4, 0.5) is 10.5 Å². The lowest BCUT2D eigenvalue weighted by molar-refractivity contribution is 0.0967. The Hall–Kier alpha value is -2.53. The van der Waals surface area contributed by atoms with E-state index in [1.165, 1.54) is 7.11 Å². The molecule has 6 heteroatoms. The normalized spacial score (nSPS) is 9.81. The maximum Gasteiger partial charge on any atom is 0.326 e. The third-order valence-electron chi connectivity index (χ3n) is 2.68. The number of hydrogen-bond acceptors (Lipinski definition) is 3. The molecular weight excluding hydrogens is 292 g/mol. The number of rotatable bonds is 3. The summed E-state index contributed by atoms with van der Waals surface area (Å²) in [5.41, 5.74) is 0.904. The van der Waals surface area contributed by atoms with Crippen LogP contribution in [-0.4, -0.2) is 19.0 Å². The average Bonchev–Trinajstić information content (AvgIpc) is 2.49. The van der Waals surface area contributed by atoms with Crippen molar-refractivity contribution in [2.45, 2.75) is 0 Å². The van der Waals surface area contributed by atoms with E-state index in [0.717, 1.165) is 0 Å². The first-order valence-electron chi connectivity index (χ1n) is 6.10. The Bertz CT molecular complexity index is 639. The van der Waals surface area contributed by atoms with E-state index in [-0.39, 0.29) is 0 Å². The molecule has 21 heavy (non-hydrogen) atoms. The molecule has 0 aliphatic rings. The molecule has 0 aromatic heterocycles. The number of carbonyl (C=O) groups is 2. The number of benzene rings is 2. The van der Waals surface area contributed by atoms with E-state index in [1.54, 1.807) is 48.5 Å². The van der Waals surface area contributed by atoms with Crippen LogP contribution in [0.25, 0.3) is 0 Å². The summed E-state index contributed by atoms with van der Waals surface area (Å²) >= 11 is 5.74. The van der Waals surface area contributed by atoms with E-state index in [1.807, 2.05) is 0 Å². The van der Waals surface area contributed by atoms with Crippen LogP contribution in [0, 0.1) is 0 Å². The van der Waals surface area contributed by atoms with E-state index in [2.05, 4.69) is 10.6 Å². The molecule has 0 bridgehead atoms. The number of imide groups is 1. The molecule has 2 N–H and O–H groups in total. The molecule has 2 rings (SSSR count). The minimum absolute atomic E-state index is 0.363. The monoisotopic (exact) mass is 304 g/mol. The molecule has 3 amide bonds. The number of urea groups is 1. The van der Waals surface area contributed by atoms with Crippen LogP contribution in [0.2, 0.25) is 5.02 Å². The van der Waals surface area contributed by atoms with Crippen molar-refractivity contribution in [3.05, 3.63) is 59.1 Å². The Morgan fingerprint density at radius 1 is 1.00 bits per heavy atom. The Kier molecular flexibility index (Phi) is 4.79. The predicted octanol–water partition coefficient (Wildman–Crippen LogP) is 3.31. The van der Waals surface area contributed by atoms with Gasteiger partial charge in [0.1, 0.15) is 5.75 Å². The van der Waals surface area contributed by atoms with E-state index < -0.39 is 11.9 Å². The summed E-state index contributed by atoms with van der Waals surface area (Å²) in [4.78, 5) is 23.6. The number of hydrogen-bond donors (Lipinski definition) is 2. The third kappa shape index (κ3) is 4.22. The second-order valence-corrected chi connectivity index (χ2v) is 4.58. The number of amides is 3. The number of carbonyl (C=O) groups excluding carboxylic acids is 2. The maximum absolute atomic E-state index is 11.9. The fraction of sp³-hybridized carbons (Fsp3) is 0.0667. The fourth-order valence-electron chi connectivity index (χ4n) is 1.61. The van der Waals surface area contributed by atoms with Gasteiger partial charge in [0.25, 0.3) is 5.91 Å². The lowest BCUT2D eigenvalue weighted by atomic mass is 10.2. The molecule has 0 aliphatic heterocycles. The SMILES string of the molecule is COc1ccc(C(=O)NC(=O)Nc2ccc(Cl)cc2)cc1. The maximum atomic E-state index is 11.9. The van der Waals surface area contributed by atoms with Crippen molar-refractivity contribution in [2.75, 3.05) is 12.4 Å². The van der Waals surface area contributed by atoms with E-state index in [0.29, 0.717) is 22.0 Å². The number of methoxy groups -OCH3 is 1. The Labute approximate surface area is 126 Å². The zero-order valence-electron chi connectivity index (χ0n) is 11.2. The summed E-state index contributed by atoms with van der Waals surface area (Å²) in [6.07, 6.45) is 0. The third-order valence-corrected chi connectivity index (χ3v) is 2.93. The summed E-state index contributed by atoms with van der Waals surface area (Å²) in [7, 11) is 1.54. The predicted molar refractivity (Wildman–Crippen MR) is 80.9 cm³/mol. The van der Waals surface area contributed by atoms with Crippen molar-refractivity contribution in [3.8, 4) is 5.75 Å². The molecule has 0 spiro atoms. The van der Waals surface area contributed by atoms with Gasteiger partial charge in [0.05, 0.1) is 7.11 Å². The van der Waals surface area contributed by atoms with Gasteiger partial charge in [0.15, 0.2) is 0 Å². The topological polar surface area (TPSA) is 67.4 Å². The molecule has 0 unspecified atom stereocenters. The lowest BCUT2D eigenvalue weighted by Crippen LogP contribution is -2.34. The van der Waals surface area contributed by atoms with Gasteiger partial charge < -0.3 is 10.1 Å². The van der Waals surface area contributed by atoms with Gasteiger partial charge in [0.2, 0.25) is 0 Å². The van der Waals surface area contributed by atoms with Crippen molar-refractivity contribution >= 4 is 29.2 Å².